The minimum absolute atomic E-state index is 0.00479. The average molecular weight is 531 g/mol. The van der Waals surface area contributed by atoms with Gasteiger partial charge in [0.25, 0.3) is 0 Å². The van der Waals surface area contributed by atoms with Gasteiger partial charge in [-0.1, -0.05) is 17.7 Å². The van der Waals surface area contributed by atoms with Crippen molar-refractivity contribution < 1.29 is 49.3 Å². The van der Waals surface area contributed by atoms with Crippen LogP contribution in [0.25, 0.3) is 22.1 Å². The minimum Gasteiger partial charge on any atom is -0.507 e. The quantitative estimate of drug-likeness (QED) is 0.244. The highest BCUT2D eigenvalue weighted by molar-refractivity contribution is 5.91. The number of fused-ring (bicyclic) bond motifs is 1. The monoisotopic (exact) mass is 530 g/mol. The summed E-state index contributed by atoms with van der Waals surface area (Å²) in [6.45, 7) is 3.09. The van der Waals surface area contributed by atoms with Crippen LogP contribution in [0, 0.1) is 0 Å². The summed E-state index contributed by atoms with van der Waals surface area (Å²) in [5.41, 5.74) is 1.17. The molecule has 11 nitrogen and oxygen atoms in total. The Morgan fingerprint density at radius 1 is 1.03 bits per heavy atom. The summed E-state index contributed by atoms with van der Waals surface area (Å²) in [5.74, 6) is -0.439. The number of hydrogen-bond donors (Lipinski definition) is 6. The summed E-state index contributed by atoms with van der Waals surface area (Å²) in [6.07, 6.45) is -4.38. The van der Waals surface area contributed by atoms with E-state index in [1.807, 2.05) is 19.9 Å². The average Bonchev–Trinajstić information content (AvgIpc) is 2.88. The summed E-state index contributed by atoms with van der Waals surface area (Å²) in [6, 6.07) is 5.57. The van der Waals surface area contributed by atoms with Gasteiger partial charge in [-0.25, -0.2) is 0 Å². The maximum atomic E-state index is 13.5. The Kier molecular flexibility index (Phi) is 7.95. The lowest BCUT2D eigenvalue weighted by Gasteiger charge is -2.39. The highest BCUT2D eigenvalue weighted by Crippen LogP contribution is 2.38. The van der Waals surface area contributed by atoms with E-state index < -0.39 is 48.5 Å². The number of aliphatic hydroxyl groups excluding tert-OH is 4. The Morgan fingerprint density at radius 3 is 2.39 bits per heavy atom. The van der Waals surface area contributed by atoms with E-state index in [4.69, 9.17) is 18.6 Å². The molecule has 4 rings (SSSR count). The zero-order valence-corrected chi connectivity index (χ0v) is 21.0. The summed E-state index contributed by atoms with van der Waals surface area (Å²) >= 11 is 0. The maximum Gasteiger partial charge on any atom is 0.229 e. The molecule has 0 unspecified atom stereocenters. The van der Waals surface area contributed by atoms with E-state index in [-0.39, 0.29) is 40.2 Å². The molecule has 1 aromatic heterocycles. The first-order chi connectivity index (χ1) is 18.1. The second-order valence-electron chi connectivity index (χ2n) is 9.24. The zero-order valence-electron chi connectivity index (χ0n) is 21.0. The molecule has 0 bridgehead atoms. The van der Waals surface area contributed by atoms with Crippen LogP contribution in [-0.4, -0.2) is 75.1 Å². The second-order valence-corrected chi connectivity index (χ2v) is 9.24. The van der Waals surface area contributed by atoms with Gasteiger partial charge in [-0.3, -0.25) is 4.79 Å². The molecule has 11 heteroatoms. The van der Waals surface area contributed by atoms with Crippen molar-refractivity contribution in [2.24, 2.45) is 0 Å². The van der Waals surface area contributed by atoms with Gasteiger partial charge < -0.3 is 49.3 Å². The molecule has 0 saturated carbocycles. The van der Waals surface area contributed by atoms with E-state index in [0.717, 1.165) is 5.57 Å². The van der Waals surface area contributed by atoms with Crippen molar-refractivity contribution in [3.8, 4) is 34.1 Å². The van der Waals surface area contributed by atoms with Gasteiger partial charge in [0.15, 0.2) is 11.5 Å². The lowest BCUT2D eigenvalue weighted by Crippen LogP contribution is -2.60. The van der Waals surface area contributed by atoms with Crippen LogP contribution in [0.3, 0.4) is 0 Å². The van der Waals surface area contributed by atoms with Gasteiger partial charge in [0.1, 0.15) is 53.1 Å². The second kappa shape index (κ2) is 11.0. The van der Waals surface area contributed by atoms with Crippen molar-refractivity contribution in [3.63, 3.8) is 0 Å². The summed E-state index contributed by atoms with van der Waals surface area (Å²) < 4.78 is 22.1. The number of phenolic OH excluding ortho intramolecular Hbond substituents is 2. The number of allylic oxidation sites excluding steroid dienone is 2. The molecule has 1 aliphatic heterocycles. The standard InChI is InChI=1S/C27H30O11/c1-12(2)4-6-14-19(37-27-25(34)24(33)23(32)20(10-28)38-27)9-17(30)21-22(31)15(11-36-26(14)21)13-5-7-18(35-3)16(29)8-13/h4-5,7-9,11,20,23-25,27-30,32-34H,6,10H2,1-3H3/t20-,23-,24+,25-,27-/m1/s1. The lowest BCUT2D eigenvalue weighted by atomic mass is 9.99. The normalized spacial score (nSPS) is 23.3. The van der Waals surface area contributed by atoms with E-state index in [2.05, 4.69) is 0 Å². The predicted octanol–water partition coefficient (Wildman–Crippen LogP) is 1.57. The van der Waals surface area contributed by atoms with Crippen molar-refractivity contribution in [2.45, 2.75) is 51.0 Å². The van der Waals surface area contributed by atoms with Gasteiger partial charge in [-0.05, 0) is 38.0 Å². The number of methoxy groups -OCH3 is 1. The fourth-order valence-corrected chi connectivity index (χ4v) is 4.27. The first-order valence-corrected chi connectivity index (χ1v) is 11.9. The third kappa shape index (κ3) is 5.06. The molecule has 0 radical (unpaired) electrons. The third-order valence-corrected chi connectivity index (χ3v) is 6.38. The molecule has 204 valence electrons. The third-order valence-electron chi connectivity index (χ3n) is 6.38. The van der Waals surface area contributed by atoms with E-state index in [0.29, 0.717) is 11.1 Å². The minimum atomic E-state index is -1.68. The largest absolute Gasteiger partial charge is 0.507 e. The van der Waals surface area contributed by atoms with Crippen LogP contribution < -0.4 is 14.9 Å². The van der Waals surface area contributed by atoms with Gasteiger partial charge in [0, 0.05) is 11.6 Å². The molecule has 1 aliphatic rings. The Balaban J connectivity index is 1.84. The molecular formula is C27H30O11. The van der Waals surface area contributed by atoms with Crippen LogP contribution in [0.4, 0.5) is 0 Å². The summed E-state index contributed by atoms with van der Waals surface area (Å²) in [5, 5.41) is 61.0. The molecule has 0 aliphatic carbocycles. The van der Waals surface area contributed by atoms with Crippen LogP contribution in [0.5, 0.6) is 23.0 Å². The highest BCUT2D eigenvalue weighted by atomic mass is 16.7. The SMILES string of the molecule is COc1ccc(-c2coc3c(CC=C(C)C)c(O[C@@H]4O[C@H](CO)[C@@H](O)[C@H](O)[C@H]4O)cc(O)c3c2=O)cc1O. The fourth-order valence-electron chi connectivity index (χ4n) is 4.27. The van der Waals surface area contributed by atoms with E-state index in [1.54, 1.807) is 6.07 Å². The van der Waals surface area contributed by atoms with Crippen molar-refractivity contribution in [1.82, 2.24) is 0 Å². The van der Waals surface area contributed by atoms with Crippen molar-refractivity contribution >= 4 is 11.0 Å². The van der Waals surface area contributed by atoms with Crippen LogP contribution >= 0.6 is 0 Å². The maximum absolute atomic E-state index is 13.5. The molecule has 3 aromatic rings. The molecular weight excluding hydrogens is 500 g/mol. The van der Waals surface area contributed by atoms with E-state index in [9.17, 15) is 35.4 Å². The van der Waals surface area contributed by atoms with Gasteiger partial charge in [-0.2, -0.15) is 0 Å². The molecule has 2 heterocycles. The van der Waals surface area contributed by atoms with Crippen LogP contribution in [-0.2, 0) is 11.2 Å². The Labute approximate surface area is 217 Å². The predicted molar refractivity (Wildman–Crippen MR) is 135 cm³/mol. The van der Waals surface area contributed by atoms with E-state index in [1.165, 1.54) is 31.6 Å². The highest BCUT2D eigenvalue weighted by Gasteiger charge is 2.45. The Bertz CT molecular complexity index is 1400. The number of hydrogen-bond acceptors (Lipinski definition) is 11. The van der Waals surface area contributed by atoms with Crippen LogP contribution in [0.15, 0.2) is 51.4 Å². The van der Waals surface area contributed by atoms with E-state index >= 15 is 0 Å². The topological polar surface area (TPSA) is 179 Å². The number of aliphatic hydroxyl groups is 4. The lowest BCUT2D eigenvalue weighted by molar-refractivity contribution is -0.277. The molecule has 38 heavy (non-hydrogen) atoms. The zero-order chi connectivity index (χ0) is 27.7. The molecule has 1 saturated heterocycles. The van der Waals surface area contributed by atoms with Crippen molar-refractivity contribution in [1.29, 1.82) is 0 Å². The van der Waals surface area contributed by atoms with Gasteiger partial charge in [0.2, 0.25) is 11.7 Å². The molecule has 5 atom stereocenters. The fraction of sp³-hybridized carbons (Fsp3) is 0.370. The van der Waals surface area contributed by atoms with Crippen molar-refractivity contribution in [2.75, 3.05) is 13.7 Å². The summed E-state index contributed by atoms with van der Waals surface area (Å²) in [4.78, 5) is 13.5. The molecule has 6 N–H and O–H groups in total. The van der Waals surface area contributed by atoms with Crippen LogP contribution in [0.2, 0.25) is 0 Å². The number of phenols is 2. The smallest absolute Gasteiger partial charge is 0.229 e. The molecule has 2 aromatic carbocycles. The van der Waals surface area contributed by atoms with Gasteiger partial charge in [-0.15, -0.1) is 0 Å². The molecule has 1 fully saturated rings. The summed E-state index contributed by atoms with van der Waals surface area (Å²) in [7, 11) is 1.40. The molecule has 0 amide bonds. The number of benzene rings is 2. The number of aromatic hydroxyl groups is 2. The Hall–Kier alpha value is -3.61. The number of ether oxygens (including phenoxy) is 3. The Morgan fingerprint density at radius 2 is 1.76 bits per heavy atom. The first-order valence-electron chi connectivity index (χ1n) is 11.9. The van der Waals surface area contributed by atoms with Crippen molar-refractivity contribution in [3.05, 3.63) is 58.0 Å². The first kappa shape index (κ1) is 27.4. The molecule has 0 spiro atoms. The van der Waals surface area contributed by atoms with Crippen LogP contribution in [0.1, 0.15) is 19.4 Å². The number of rotatable bonds is 7. The van der Waals surface area contributed by atoms with Gasteiger partial charge in [0.05, 0.1) is 19.3 Å². The van der Waals surface area contributed by atoms with Gasteiger partial charge >= 0.3 is 0 Å².